The Kier molecular flexibility index (Phi) is 3.23. The summed E-state index contributed by atoms with van der Waals surface area (Å²) >= 11 is 6.02. The van der Waals surface area contributed by atoms with Crippen LogP contribution >= 0.6 is 11.6 Å². The van der Waals surface area contributed by atoms with Crippen molar-refractivity contribution in [2.24, 2.45) is 0 Å². The summed E-state index contributed by atoms with van der Waals surface area (Å²) in [6.07, 6.45) is 1.39. The Morgan fingerprint density at radius 3 is 2.87 bits per heavy atom. The molecule has 80 valence electrons. The molecule has 1 aromatic rings. The van der Waals surface area contributed by atoms with Gasteiger partial charge in [0.05, 0.1) is 0 Å². The van der Waals surface area contributed by atoms with E-state index >= 15 is 0 Å². The van der Waals surface area contributed by atoms with Gasteiger partial charge in [0, 0.05) is 24.5 Å². The van der Waals surface area contributed by atoms with Crippen LogP contribution in [0, 0.1) is 0 Å². The molecule has 15 heavy (non-hydrogen) atoms. The largest absolute Gasteiger partial charge is 0.278 e. The summed E-state index contributed by atoms with van der Waals surface area (Å²) in [6, 6.07) is 7.73. The fourth-order valence-electron chi connectivity index (χ4n) is 1.66. The van der Waals surface area contributed by atoms with Gasteiger partial charge in [-0.1, -0.05) is 29.8 Å². The number of benzene rings is 1. The fourth-order valence-corrected chi connectivity index (χ4v) is 1.89. The summed E-state index contributed by atoms with van der Waals surface area (Å²) < 4.78 is 0. The Morgan fingerprint density at radius 1 is 1.40 bits per heavy atom. The number of rotatable bonds is 3. The third kappa shape index (κ3) is 2.49. The van der Waals surface area contributed by atoms with E-state index in [1.54, 1.807) is 5.01 Å². The first kappa shape index (κ1) is 10.5. The van der Waals surface area contributed by atoms with Gasteiger partial charge in [-0.05, 0) is 18.1 Å². The highest BCUT2D eigenvalue weighted by molar-refractivity contribution is 6.31. The monoisotopic (exact) mass is 224 g/mol. The Balaban J connectivity index is 1.93. The summed E-state index contributed by atoms with van der Waals surface area (Å²) in [5, 5.41) is 2.44. The Hall–Kier alpha value is -1.06. The van der Waals surface area contributed by atoms with Crippen LogP contribution in [0.3, 0.4) is 0 Å². The van der Waals surface area contributed by atoms with E-state index < -0.39 is 0 Å². The van der Waals surface area contributed by atoms with Crippen LogP contribution in [-0.4, -0.2) is 24.0 Å². The summed E-state index contributed by atoms with van der Waals surface area (Å²) in [7, 11) is 0. The average Bonchev–Trinajstić information content (AvgIpc) is 2.63. The molecule has 1 heterocycles. The molecular formula is C11H13ClN2O. The molecule has 1 aliphatic heterocycles. The minimum atomic E-state index is 0.169. The van der Waals surface area contributed by atoms with Crippen molar-refractivity contribution in [2.75, 3.05) is 13.1 Å². The summed E-state index contributed by atoms with van der Waals surface area (Å²) in [4.78, 5) is 11.3. The molecule has 4 heteroatoms. The Bertz CT molecular complexity index is 367. The summed E-state index contributed by atoms with van der Waals surface area (Å²) in [6.45, 7) is 1.43. The number of carbonyl (C=O) groups excluding carboxylic acids is 1. The molecule has 0 saturated carbocycles. The van der Waals surface area contributed by atoms with Crippen LogP contribution < -0.4 is 5.43 Å². The van der Waals surface area contributed by atoms with Crippen molar-refractivity contribution >= 4 is 17.5 Å². The lowest BCUT2D eigenvalue weighted by Gasteiger charge is -2.15. The van der Waals surface area contributed by atoms with E-state index in [1.807, 2.05) is 24.3 Å². The highest BCUT2D eigenvalue weighted by atomic mass is 35.5. The maximum Gasteiger partial charge on any atom is 0.238 e. The first-order chi connectivity index (χ1) is 7.27. The van der Waals surface area contributed by atoms with Crippen molar-refractivity contribution in [3.05, 3.63) is 34.9 Å². The van der Waals surface area contributed by atoms with Crippen LogP contribution in [0.1, 0.15) is 12.0 Å². The number of hydrazine groups is 1. The van der Waals surface area contributed by atoms with Gasteiger partial charge in [0.15, 0.2) is 0 Å². The van der Waals surface area contributed by atoms with Gasteiger partial charge >= 0.3 is 0 Å². The van der Waals surface area contributed by atoms with Gasteiger partial charge in [-0.2, -0.15) is 0 Å². The summed E-state index contributed by atoms with van der Waals surface area (Å²) in [5.41, 5.74) is 4.12. The molecule has 2 rings (SSSR count). The topological polar surface area (TPSA) is 32.3 Å². The van der Waals surface area contributed by atoms with Crippen LogP contribution in [0.25, 0.3) is 0 Å². The molecule has 0 bridgehead atoms. The van der Waals surface area contributed by atoms with Crippen molar-refractivity contribution in [3.63, 3.8) is 0 Å². The van der Waals surface area contributed by atoms with Crippen LogP contribution in [0.15, 0.2) is 24.3 Å². The van der Waals surface area contributed by atoms with Gasteiger partial charge in [0.1, 0.15) is 0 Å². The molecular weight excluding hydrogens is 212 g/mol. The number of carbonyl (C=O) groups is 1. The number of nitrogens with zero attached hydrogens (tertiary/aromatic N) is 1. The van der Waals surface area contributed by atoms with E-state index in [2.05, 4.69) is 5.43 Å². The van der Waals surface area contributed by atoms with E-state index in [0.717, 1.165) is 23.6 Å². The maximum absolute atomic E-state index is 11.3. The molecule has 1 saturated heterocycles. The zero-order valence-electron chi connectivity index (χ0n) is 8.37. The molecule has 1 N–H and O–H groups in total. The van der Waals surface area contributed by atoms with Gasteiger partial charge in [-0.3, -0.25) is 9.80 Å². The number of nitrogens with one attached hydrogen (secondary N) is 1. The van der Waals surface area contributed by atoms with E-state index in [9.17, 15) is 4.79 Å². The highest BCUT2D eigenvalue weighted by Gasteiger charge is 2.19. The molecule has 0 aliphatic carbocycles. The molecule has 3 nitrogen and oxygen atoms in total. The first-order valence-corrected chi connectivity index (χ1v) is 5.42. The molecule has 1 aromatic carbocycles. The quantitative estimate of drug-likeness (QED) is 0.846. The molecule has 0 atom stereocenters. The maximum atomic E-state index is 11.3. The molecule has 1 fully saturated rings. The van der Waals surface area contributed by atoms with Gasteiger partial charge < -0.3 is 0 Å². The molecule has 1 amide bonds. The van der Waals surface area contributed by atoms with E-state index in [4.69, 9.17) is 11.6 Å². The molecule has 0 unspecified atom stereocenters. The molecule has 0 aromatic heterocycles. The second-order valence-electron chi connectivity index (χ2n) is 3.54. The number of hydrogen-bond donors (Lipinski definition) is 1. The van der Waals surface area contributed by atoms with Crippen LogP contribution in [0.4, 0.5) is 0 Å². The predicted octanol–water partition coefficient (Wildman–Crippen LogP) is 1.62. The van der Waals surface area contributed by atoms with E-state index in [-0.39, 0.29) is 5.91 Å². The molecule has 0 spiro atoms. The minimum Gasteiger partial charge on any atom is -0.278 e. The Morgan fingerprint density at radius 2 is 2.20 bits per heavy atom. The predicted molar refractivity (Wildman–Crippen MR) is 59.5 cm³/mol. The second-order valence-corrected chi connectivity index (χ2v) is 3.95. The fraction of sp³-hybridized carbons (Fsp3) is 0.364. The van der Waals surface area contributed by atoms with Crippen molar-refractivity contribution in [1.29, 1.82) is 0 Å². The van der Waals surface area contributed by atoms with Crippen LogP contribution in [-0.2, 0) is 11.2 Å². The molecule has 1 aliphatic rings. The zero-order valence-corrected chi connectivity index (χ0v) is 9.13. The second kappa shape index (κ2) is 4.64. The van der Waals surface area contributed by atoms with Gasteiger partial charge in [0.25, 0.3) is 0 Å². The standard InChI is InChI=1S/C11H13ClN2O/c12-10-4-2-1-3-9(10)6-8-14-11(15)5-7-13-14/h1-4,13H,5-8H2. The van der Waals surface area contributed by atoms with Crippen LogP contribution in [0.2, 0.25) is 5.02 Å². The van der Waals surface area contributed by atoms with Crippen molar-refractivity contribution < 1.29 is 4.79 Å². The number of halogens is 1. The SMILES string of the molecule is O=C1CCNN1CCc1ccccc1Cl. The third-order valence-electron chi connectivity index (χ3n) is 2.51. The Labute approximate surface area is 94.0 Å². The lowest BCUT2D eigenvalue weighted by atomic mass is 10.1. The number of hydrogen-bond acceptors (Lipinski definition) is 2. The lowest BCUT2D eigenvalue weighted by molar-refractivity contribution is -0.129. The van der Waals surface area contributed by atoms with Crippen molar-refractivity contribution in [1.82, 2.24) is 10.4 Å². The van der Waals surface area contributed by atoms with Crippen molar-refractivity contribution in [3.8, 4) is 0 Å². The van der Waals surface area contributed by atoms with E-state index in [1.165, 1.54) is 0 Å². The number of amides is 1. The van der Waals surface area contributed by atoms with Gasteiger partial charge in [-0.25, -0.2) is 5.43 Å². The van der Waals surface area contributed by atoms with E-state index in [0.29, 0.717) is 13.0 Å². The lowest BCUT2D eigenvalue weighted by Crippen LogP contribution is -2.35. The van der Waals surface area contributed by atoms with Gasteiger partial charge in [-0.15, -0.1) is 0 Å². The molecule has 0 radical (unpaired) electrons. The van der Waals surface area contributed by atoms with Crippen LogP contribution in [0.5, 0.6) is 0 Å². The highest BCUT2D eigenvalue weighted by Crippen LogP contribution is 2.15. The smallest absolute Gasteiger partial charge is 0.238 e. The third-order valence-corrected chi connectivity index (χ3v) is 2.87. The minimum absolute atomic E-state index is 0.169. The average molecular weight is 225 g/mol. The zero-order chi connectivity index (χ0) is 10.7. The summed E-state index contributed by atoms with van der Waals surface area (Å²) in [5.74, 6) is 0.169. The normalized spacial score (nSPS) is 16.1. The first-order valence-electron chi connectivity index (χ1n) is 5.04. The van der Waals surface area contributed by atoms with Crippen molar-refractivity contribution in [2.45, 2.75) is 12.8 Å². The van der Waals surface area contributed by atoms with Gasteiger partial charge in [0.2, 0.25) is 5.91 Å².